The molecule has 0 aliphatic heterocycles. The van der Waals surface area contributed by atoms with Crippen molar-refractivity contribution in [1.82, 2.24) is 5.32 Å². The summed E-state index contributed by atoms with van der Waals surface area (Å²) in [6.45, 7) is 15.8. The zero-order chi connectivity index (χ0) is 19.9. The highest BCUT2D eigenvalue weighted by Crippen LogP contribution is 2.43. The normalized spacial score (nSPS) is 14.7. The molecule has 0 radical (unpaired) electrons. The van der Waals surface area contributed by atoms with Crippen molar-refractivity contribution >= 4 is 14.3 Å². The minimum absolute atomic E-state index is 0.234. The molecule has 1 aromatic carbocycles. The lowest BCUT2D eigenvalue weighted by molar-refractivity contribution is -0.149. The van der Waals surface area contributed by atoms with Gasteiger partial charge in [-0.25, -0.2) is 0 Å². The van der Waals surface area contributed by atoms with E-state index in [0.717, 1.165) is 5.56 Å². The summed E-state index contributed by atoms with van der Waals surface area (Å²) >= 11 is 0. The van der Waals surface area contributed by atoms with Gasteiger partial charge in [0.25, 0.3) is 0 Å². The van der Waals surface area contributed by atoms with E-state index in [1.807, 2.05) is 37.3 Å². The van der Waals surface area contributed by atoms with Crippen LogP contribution >= 0.6 is 0 Å². The highest BCUT2D eigenvalue weighted by molar-refractivity contribution is 6.77. The fourth-order valence-corrected chi connectivity index (χ4v) is 9.76. The van der Waals surface area contributed by atoms with Crippen molar-refractivity contribution in [3.05, 3.63) is 35.9 Å². The summed E-state index contributed by atoms with van der Waals surface area (Å²) in [4.78, 5) is 12.6. The molecule has 148 valence electrons. The molecule has 1 aromatic rings. The molecule has 0 spiro atoms. The molecule has 5 heteroatoms. The first-order valence-corrected chi connectivity index (χ1v) is 11.9. The van der Waals surface area contributed by atoms with Crippen LogP contribution in [0.5, 0.6) is 0 Å². The predicted octanol–water partition coefficient (Wildman–Crippen LogP) is 4.90. The van der Waals surface area contributed by atoms with Crippen LogP contribution in [0.3, 0.4) is 0 Å². The number of hydrogen-bond acceptors (Lipinski definition) is 4. The molecule has 0 aliphatic rings. The third kappa shape index (κ3) is 5.41. The number of likely N-dealkylation sites (N-methyl/N-ethyl adjacent to an activating group) is 1. The number of rotatable bonds is 10. The van der Waals surface area contributed by atoms with Gasteiger partial charge in [0.1, 0.15) is 12.6 Å². The molecular formula is C21H37NO3Si. The van der Waals surface area contributed by atoms with Crippen LogP contribution in [-0.2, 0) is 20.6 Å². The third-order valence-corrected chi connectivity index (χ3v) is 11.5. The largest absolute Gasteiger partial charge is 0.460 e. The Morgan fingerprint density at radius 3 is 1.88 bits per heavy atom. The summed E-state index contributed by atoms with van der Waals surface area (Å²) in [6, 6.07) is 9.27. The van der Waals surface area contributed by atoms with Crippen molar-refractivity contribution in [2.45, 2.75) is 83.8 Å². The van der Waals surface area contributed by atoms with Crippen LogP contribution < -0.4 is 5.32 Å². The molecule has 0 saturated heterocycles. The van der Waals surface area contributed by atoms with Gasteiger partial charge in [-0.15, -0.1) is 0 Å². The maximum Gasteiger partial charge on any atom is 0.326 e. The van der Waals surface area contributed by atoms with Gasteiger partial charge in [0.2, 0.25) is 8.32 Å². The second-order valence-corrected chi connectivity index (χ2v) is 13.4. The van der Waals surface area contributed by atoms with Crippen molar-refractivity contribution in [3.63, 3.8) is 0 Å². The molecule has 0 heterocycles. The Morgan fingerprint density at radius 2 is 1.46 bits per heavy atom. The Kier molecular flexibility index (Phi) is 9.00. The summed E-state index contributed by atoms with van der Waals surface area (Å²) < 4.78 is 12.3. The zero-order valence-electron chi connectivity index (χ0n) is 17.7. The number of carbonyl (C=O) groups is 1. The maximum absolute atomic E-state index is 12.6. The van der Waals surface area contributed by atoms with Gasteiger partial charge in [-0.2, -0.15) is 0 Å². The number of benzene rings is 1. The van der Waals surface area contributed by atoms with E-state index in [4.69, 9.17) is 9.16 Å². The van der Waals surface area contributed by atoms with Gasteiger partial charge in [0, 0.05) is 0 Å². The van der Waals surface area contributed by atoms with Crippen molar-refractivity contribution in [1.29, 1.82) is 0 Å². The first-order valence-electron chi connectivity index (χ1n) is 9.72. The average Bonchev–Trinajstić information content (AvgIpc) is 2.58. The fourth-order valence-electron chi connectivity index (χ4n) is 4.16. The summed E-state index contributed by atoms with van der Waals surface area (Å²) in [5.74, 6) is -0.261. The van der Waals surface area contributed by atoms with E-state index in [9.17, 15) is 4.79 Å². The monoisotopic (exact) mass is 379 g/mol. The Hall–Kier alpha value is -1.17. The first-order chi connectivity index (χ1) is 12.2. The summed E-state index contributed by atoms with van der Waals surface area (Å²) in [5.41, 5.74) is 2.41. The van der Waals surface area contributed by atoms with E-state index in [1.165, 1.54) is 0 Å². The lowest BCUT2D eigenvalue weighted by atomic mass is 10.2. The Labute approximate surface area is 160 Å². The molecule has 2 atom stereocenters. The first kappa shape index (κ1) is 22.9. The fraction of sp³-hybridized carbons (Fsp3) is 0.667. The number of esters is 1. The van der Waals surface area contributed by atoms with E-state index >= 15 is 0 Å². The molecule has 0 bridgehead atoms. The summed E-state index contributed by atoms with van der Waals surface area (Å²) in [5, 5.41) is 3.10. The number of nitrogens with one attached hydrogen (secondary N) is 1. The number of ether oxygens (including phenoxy) is 1. The standard InChI is InChI=1S/C21H37NO3Si/c1-15(2)26(16(3)4,17(5)6)25-18(7)20(22-8)21(23)24-14-19-12-10-9-11-13-19/h9-13,15-18,20,22H,14H2,1-8H3/t18-,20+/m1/s1. The number of carbonyl (C=O) groups excluding carboxylic acids is 1. The smallest absolute Gasteiger partial charge is 0.326 e. The molecule has 1 N–H and O–H groups in total. The van der Waals surface area contributed by atoms with Crippen LogP contribution in [0.2, 0.25) is 16.6 Å². The lowest BCUT2D eigenvalue weighted by Gasteiger charge is -2.45. The van der Waals surface area contributed by atoms with E-state index < -0.39 is 14.4 Å². The summed E-state index contributed by atoms with van der Waals surface area (Å²) in [6.07, 6.45) is -0.234. The quantitative estimate of drug-likeness (QED) is 0.464. The molecule has 0 unspecified atom stereocenters. The molecule has 0 aliphatic carbocycles. The van der Waals surface area contributed by atoms with Gasteiger partial charge in [0.05, 0.1) is 6.10 Å². The maximum atomic E-state index is 12.6. The van der Waals surface area contributed by atoms with E-state index in [1.54, 1.807) is 7.05 Å². The van der Waals surface area contributed by atoms with Crippen LogP contribution in [0.25, 0.3) is 0 Å². The van der Waals surface area contributed by atoms with E-state index in [0.29, 0.717) is 16.6 Å². The molecule has 4 nitrogen and oxygen atoms in total. The van der Waals surface area contributed by atoms with Crippen molar-refractivity contribution in [3.8, 4) is 0 Å². The van der Waals surface area contributed by atoms with Crippen LogP contribution in [-0.4, -0.2) is 33.5 Å². The molecule has 1 rings (SSSR count). The Bertz CT molecular complexity index is 524. The second-order valence-electron chi connectivity index (χ2n) is 8.00. The molecule has 0 aromatic heterocycles. The second kappa shape index (κ2) is 10.2. The molecule has 0 amide bonds. The van der Waals surface area contributed by atoms with Crippen LogP contribution in [0.1, 0.15) is 54.0 Å². The van der Waals surface area contributed by atoms with Gasteiger partial charge < -0.3 is 14.5 Å². The Balaban J connectivity index is 2.85. The van der Waals surface area contributed by atoms with Gasteiger partial charge in [-0.1, -0.05) is 71.9 Å². The molecule has 26 heavy (non-hydrogen) atoms. The van der Waals surface area contributed by atoms with Crippen LogP contribution in [0.4, 0.5) is 0 Å². The molecule has 0 saturated carbocycles. The van der Waals surface area contributed by atoms with Crippen LogP contribution in [0, 0.1) is 0 Å². The van der Waals surface area contributed by atoms with E-state index in [2.05, 4.69) is 46.9 Å². The average molecular weight is 380 g/mol. The van der Waals surface area contributed by atoms with Crippen molar-refractivity contribution < 1.29 is 14.0 Å². The minimum Gasteiger partial charge on any atom is -0.460 e. The topological polar surface area (TPSA) is 47.6 Å². The summed E-state index contributed by atoms with van der Waals surface area (Å²) in [7, 11) is -0.261. The van der Waals surface area contributed by atoms with Gasteiger partial charge in [-0.3, -0.25) is 4.79 Å². The minimum atomic E-state index is -2.05. The Morgan fingerprint density at radius 1 is 0.962 bits per heavy atom. The third-order valence-electron chi connectivity index (χ3n) is 5.36. The highest BCUT2D eigenvalue weighted by atomic mass is 28.4. The molecular weight excluding hydrogens is 342 g/mol. The van der Waals surface area contributed by atoms with Crippen molar-refractivity contribution in [2.75, 3.05) is 7.05 Å². The van der Waals surface area contributed by atoms with Gasteiger partial charge in [0.15, 0.2) is 0 Å². The van der Waals surface area contributed by atoms with Gasteiger partial charge >= 0.3 is 5.97 Å². The zero-order valence-corrected chi connectivity index (χ0v) is 18.7. The van der Waals surface area contributed by atoms with Crippen molar-refractivity contribution in [2.24, 2.45) is 0 Å². The SMILES string of the molecule is CN[C@H](C(=O)OCc1ccccc1)[C@@H](C)O[Si](C(C)C)(C(C)C)C(C)C. The van der Waals surface area contributed by atoms with Crippen LogP contribution in [0.15, 0.2) is 30.3 Å². The lowest BCUT2D eigenvalue weighted by Crippen LogP contribution is -2.55. The molecule has 0 fully saturated rings. The predicted molar refractivity (Wildman–Crippen MR) is 111 cm³/mol. The van der Waals surface area contributed by atoms with E-state index in [-0.39, 0.29) is 18.7 Å². The number of hydrogen-bond donors (Lipinski definition) is 1. The van der Waals surface area contributed by atoms with Gasteiger partial charge in [-0.05, 0) is 36.2 Å². The highest BCUT2D eigenvalue weighted by Gasteiger charge is 2.47.